The number of aryl methyl sites for hydroxylation is 1. The fraction of sp³-hybridized carbons (Fsp3) is 0.533. The van der Waals surface area contributed by atoms with E-state index in [9.17, 15) is 0 Å². The van der Waals surface area contributed by atoms with Gasteiger partial charge in [0.1, 0.15) is 0 Å². The second-order valence-corrected chi connectivity index (χ2v) is 5.83. The number of thiocarbonyl (C=S) groups is 1. The largest absolute Gasteiger partial charge is 0.348 e. The number of likely N-dealkylation sites (tertiary alicyclic amines) is 1. The van der Waals surface area contributed by atoms with Crippen LogP contribution in [0.4, 0.5) is 0 Å². The molecule has 0 unspecified atom stereocenters. The Morgan fingerprint density at radius 1 is 1.40 bits per heavy atom. The predicted octanol–water partition coefficient (Wildman–Crippen LogP) is 2.72. The summed E-state index contributed by atoms with van der Waals surface area (Å²) < 4.78 is 0. The van der Waals surface area contributed by atoms with E-state index in [-0.39, 0.29) is 0 Å². The monoisotopic (exact) mass is 290 g/mol. The van der Waals surface area contributed by atoms with Crippen LogP contribution in [0.2, 0.25) is 0 Å². The minimum absolute atomic E-state index is 0.712. The van der Waals surface area contributed by atoms with Crippen molar-refractivity contribution >= 4 is 23.0 Å². The van der Waals surface area contributed by atoms with Crippen LogP contribution in [0.1, 0.15) is 38.1 Å². The molecule has 0 aliphatic carbocycles. The predicted molar refractivity (Wildman–Crippen MR) is 86.9 cm³/mol. The van der Waals surface area contributed by atoms with E-state index in [1.54, 1.807) is 0 Å². The van der Waals surface area contributed by atoms with Crippen molar-refractivity contribution in [1.82, 2.24) is 15.3 Å². The van der Waals surface area contributed by atoms with Crippen LogP contribution in [-0.4, -0.2) is 33.8 Å². The first-order chi connectivity index (χ1) is 9.56. The molecule has 0 saturated carbocycles. The van der Waals surface area contributed by atoms with E-state index in [2.05, 4.69) is 27.3 Å². The maximum Gasteiger partial charge on any atom is 0.189 e. The Balaban J connectivity index is 1.93. The van der Waals surface area contributed by atoms with Gasteiger partial charge in [0, 0.05) is 18.8 Å². The second-order valence-electron chi connectivity index (χ2n) is 5.45. The zero-order chi connectivity index (χ0) is 14.5. The number of piperidine rings is 1. The summed E-state index contributed by atoms with van der Waals surface area (Å²) >= 11 is 5.39. The third-order valence-electron chi connectivity index (χ3n) is 3.65. The smallest absolute Gasteiger partial charge is 0.189 e. The summed E-state index contributed by atoms with van der Waals surface area (Å²) in [5.41, 5.74) is 5.71. The van der Waals surface area contributed by atoms with Gasteiger partial charge >= 0.3 is 0 Å². The number of pyridine rings is 1. The van der Waals surface area contributed by atoms with E-state index in [1.165, 1.54) is 12.8 Å². The minimum Gasteiger partial charge on any atom is -0.348 e. The molecule has 0 atom stereocenters. The van der Waals surface area contributed by atoms with Crippen molar-refractivity contribution in [3.05, 3.63) is 29.6 Å². The summed E-state index contributed by atoms with van der Waals surface area (Å²) in [7, 11) is 0. The van der Waals surface area contributed by atoms with Crippen LogP contribution in [0.25, 0.3) is 0 Å². The van der Waals surface area contributed by atoms with Gasteiger partial charge in [-0.3, -0.25) is 10.4 Å². The van der Waals surface area contributed by atoms with Crippen molar-refractivity contribution in [2.45, 2.75) is 33.6 Å². The van der Waals surface area contributed by atoms with E-state index in [1.807, 2.05) is 32.0 Å². The Kier molecular flexibility index (Phi) is 5.06. The van der Waals surface area contributed by atoms with Gasteiger partial charge in [-0.1, -0.05) is 13.0 Å². The molecule has 1 aromatic heterocycles. The Labute approximate surface area is 126 Å². The fourth-order valence-electron chi connectivity index (χ4n) is 2.22. The first kappa shape index (κ1) is 14.9. The van der Waals surface area contributed by atoms with Crippen molar-refractivity contribution < 1.29 is 0 Å². The summed E-state index contributed by atoms with van der Waals surface area (Å²) in [5.74, 6) is 0.802. The molecule has 0 aromatic carbocycles. The lowest BCUT2D eigenvalue weighted by Gasteiger charge is -2.31. The van der Waals surface area contributed by atoms with Gasteiger partial charge in [-0.25, -0.2) is 0 Å². The topological polar surface area (TPSA) is 40.5 Å². The maximum absolute atomic E-state index is 5.39. The molecule has 1 fully saturated rings. The van der Waals surface area contributed by atoms with E-state index in [4.69, 9.17) is 12.2 Å². The van der Waals surface area contributed by atoms with Gasteiger partial charge in [0.05, 0.1) is 11.4 Å². The highest BCUT2D eigenvalue weighted by Crippen LogP contribution is 2.15. The molecule has 5 heteroatoms. The van der Waals surface area contributed by atoms with Gasteiger partial charge in [0.25, 0.3) is 0 Å². The van der Waals surface area contributed by atoms with Gasteiger partial charge in [-0.2, -0.15) is 5.10 Å². The van der Waals surface area contributed by atoms with Crippen LogP contribution in [0.15, 0.2) is 23.3 Å². The lowest BCUT2D eigenvalue weighted by atomic mass is 10.00. The van der Waals surface area contributed by atoms with E-state index < -0.39 is 0 Å². The summed E-state index contributed by atoms with van der Waals surface area (Å²) in [4.78, 5) is 6.64. The summed E-state index contributed by atoms with van der Waals surface area (Å²) in [6, 6.07) is 5.92. The maximum atomic E-state index is 5.39. The summed E-state index contributed by atoms with van der Waals surface area (Å²) in [6.07, 6.45) is 2.40. The highest BCUT2D eigenvalue weighted by Gasteiger charge is 2.17. The van der Waals surface area contributed by atoms with E-state index in [0.717, 1.165) is 36.1 Å². The molecule has 108 valence electrons. The SMILES string of the molecule is C/C(=N\NC(=S)N1CCC(C)CC1)c1cccc(C)n1. The standard InChI is InChI=1S/C15H22N4S/c1-11-7-9-19(10-8-11)15(20)18-17-13(3)14-6-4-5-12(2)16-14/h4-6,11H,7-10H2,1-3H3,(H,18,20)/b17-13+. The first-order valence-corrected chi connectivity index (χ1v) is 7.50. The molecule has 2 rings (SSSR count). The lowest BCUT2D eigenvalue weighted by molar-refractivity contribution is 0.278. The molecule has 1 saturated heterocycles. The molecule has 0 radical (unpaired) electrons. The molecule has 1 aliphatic heterocycles. The third-order valence-corrected chi connectivity index (χ3v) is 4.00. The quantitative estimate of drug-likeness (QED) is 0.516. The number of hydrogen-bond donors (Lipinski definition) is 1. The van der Waals surface area contributed by atoms with Gasteiger partial charge in [-0.05, 0) is 57.0 Å². The van der Waals surface area contributed by atoms with Gasteiger partial charge < -0.3 is 4.90 Å². The zero-order valence-corrected chi connectivity index (χ0v) is 13.2. The number of nitrogens with one attached hydrogen (secondary N) is 1. The number of rotatable bonds is 2. The molecular formula is C15H22N4S. The van der Waals surface area contributed by atoms with Crippen LogP contribution in [0.3, 0.4) is 0 Å². The minimum atomic E-state index is 0.712. The van der Waals surface area contributed by atoms with Crippen LogP contribution in [-0.2, 0) is 0 Å². The van der Waals surface area contributed by atoms with Crippen LogP contribution < -0.4 is 5.43 Å². The Morgan fingerprint density at radius 3 is 2.75 bits per heavy atom. The van der Waals surface area contributed by atoms with Crippen molar-refractivity contribution in [1.29, 1.82) is 0 Å². The van der Waals surface area contributed by atoms with Crippen molar-refractivity contribution in [2.24, 2.45) is 11.0 Å². The molecular weight excluding hydrogens is 268 g/mol. The molecule has 0 spiro atoms. The molecule has 2 heterocycles. The number of hydrogen-bond acceptors (Lipinski definition) is 3. The summed E-state index contributed by atoms with van der Waals surface area (Å²) in [5, 5.41) is 5.06. The fourth-order valence-corrected chi connectivity index (χ4v) is 2.44. The van der Waals surface area contributed by atoms with Crippen LogP contribution >= 0.6 is 12.2 Å². The molecule has 1 aromatic rings. The van der Waals surface area contributed by atoms with Crippen LogP contribution in [0.5, 0.6) is 0 Å². The molecule has 20 heavy (non-hydrogen) atoms. The summed E-state index contributed by atoms with van der Waals surface area (Å²) in [6.45, 7) is 8.24. The lowest BCUT2D eigenvalue weighted by Crippen LogP contribution is -2.42. The zero-order valence-electron chi connectivity index (χ0n) is 12.4. The average Bonchev–Trinajstić information content (AvgIpc) is 2.45. The Morgan fingerprint density at radius 2 is 2.10 bits per heavy atom. The average molecular weight is 290 g/mol. The van der Waals surface area contributed by atoms with Crippen molar-refractivity contribution in [3.8, 4) is 0 Å². The highest BCUT2D eigenvalue weighted by atomic mass is 32.1. The Hall–Kier alpha value is -1.49. The molecule has 1 aliphatic rings. The van der Waals surface area contributed by atoms with Gasteiger partial charge in [0.2, 0.25) is 0 Å². The van der Waals surface area contributed by atoms with Crippen molar-refractivity contribution in [2.75, 3.05) is 13.1 Å². The third kappa shape index (κ3) is 4.00. The number of aromatic nitrogens is 1. The normalized spacial score (nSPS) is 17.1. The van der Waals surface area contributed by atoms with Crippen molar-refractivity contribution in [3.63, 3.8) is 0 Å². The van der Waals surface area contributed by atoms with Gasteiger partial charge in [0.15, 0.2) is 5.11 Å². The van der Waals surface area contributed by atoms with E-state index >= 15 is 0 Å². The Bertz CT molecular complexity index is 504. The number of hydrazone groups is 1. The van der Waals surface area contributed by atoms with Crippen LogP contribution in [0, 0.1) is 12.8 Å². The number of nitrogens with zero attached hydrogens (tertiary/aromatic N) is 3. The second kappa shape index (κ2) is 6.79. The van der Waals surface area contributed by atoms with Gasteiger partial charge in [-0.15, -0.1) is 0 Å². The highest BCUT2D eigenvalue weighted by molar-refractivity contribution is 7.80. The first-order valence-electron chi connectivity index (χ1n) is 7.09. The molecule has 0 amide bonds. The molecule has 4 nitrogen and oxygen atoms in total. The van der Waals surface area contributed by atoms with E-state index in [0.29, 0.717) is 5.11 Å². The molecule has 0 bridgehead atoms. The molecule has 1 N–H and O–H groups in total.